The summed E-state index contributed by atoms with van der Waals surface area (Å²) in [5, 5.41) is 0. The number of fused-ring (bicyclic) bond motifs is 1. The van der Waals surface area contributed by atoms with Gasteiger partial charge in [-0.2, -0.15) is 0 Å². The molecule has 2 bridgehead atoms. The van der Waals surface area contributed by atoms with Crippen LogP contribution in [0, 0.1) is 11.3 Å². The lowest BCUT2D eigenvalue weighted by molar-refractivity contribution is 0.566. The minimum absolute atomic E-state index is 0.801. The first kappa shape index (κ1) is 2.91. The Labute approximate surface area is 43.2 Å². The van der Waals surface area contributed by atoms with E-state index < -0.39 is 0 Å². The largest absolute Gasteiger partial charge is 0.0617 e. The predicted octanol–water partition coefficient (Wildman–Crippen LogP) is 1.73. The second-order valence-electron chi connectivity index (χ2n) is 3.29. The molecule has 2 atom stereocenters. The third-order valence-corrected chi connectivity index (χ3v) is 2.98. The summed E-state index contributed by atoms with van der Waals surface area (Å²) >= 11 is 0. The molecule has 2 fully saturated rings. The Bertz CT molecular complexity index is 188. The summed E-state index contributed by atoms with van der Waals surface area (Å²) < 4.78 is 0. The fourth-order valence-electron chi connectivity index (χ4n) is 2.38. The Balaban J connectivity index is 2.31. The van der Waals surface area contributed by atoms with Crippen LogP contribution in [0.25, 0.3) is 0 Å². The summed E-state index contributed by atoms with van der Waals surface area (Å²) in [6.45, 7) is 2.41. The Hall–Kier alpha value is -0.260. The van der Waals surface area contributed by atoms with Crippen molar-refractivity contribution in [3.05, 3.63) is 11.1 Å². The van der Waals surface area contributed by atoms with E-state index in [1.807, 2.05) is 11.1 Å². The van der Waals surface area contributed by atoms with Crippen molar-refractivity contribution in [2.45, 2.75) is 19.8 Å². The Morgan fingerprint density at radius 3 is 2.57 bits per heavy atom. The fourth-order valence-corrected chi connectivity index (χ4v) is 2.38. The van der Waals surface area contributed by atoms with Crippen LogP contribution in [0.5, 0.6) is 0 Å². The minimum atomic E-state index is 0.801. The second kappa shape index (κ2) is 0.460. The molecule has 2 saturated carbocycles. The number of allylic oxidation sites excluding steroid dienone is 2. The van der Waals surface area contributed by atoms with E-state index >= 15 is 0 Å². The lowest BCUT2D eigenvalue weighted by Gasteiger charge is -1.97. The summed E-state index contributed by atoms with van der Waals surface area (Å²) in [7, 11) is 0. The van der Waals surface area contributed by atoms with E-state index in [0.717, 1.165) is 11.3 Å². The summed E-state index contributed by atoms with van der Waals surface area (Å²) in [6, 6.07) is 0. The molecule has 7 heavy (non-hydrogen) atoms. The number of hydrogen-bond acceptors (Lipinski definition) is 0. The molecule has 0 nitrogen and oxygen atoms in total. The molecule has 0 heterocycles. The van der Waals surface area contributed by atoms with Crippen LogP contribution in [0.15, 0.2) is 11.1 Å². The van der Waals surface area contributed by atoms with Crippen molar-refractivity contribution >= 4 is 0 Å². The lowest BCUT2D eigenvalue weighted by atomic mass is 10.1. The first-order chi connectivity index (χ1) is 3.34. The molecule has 0 heteroatoms. The van der Waals surface area contributed by atoms with Crippen molar-refractivity contribution in [3.8, 4) is 0 Å². The zero-order valence-corrected chi connectivity index (χ0v) is 4.49. The first-order valence-corrected chi connectivity index (χ1v) is 3.07. The van der Waals surface area contributed by atoms with Gasteiger partial charge >= 0.3 is 0 Å². The number of rotatable bonds is 0. The van der Waals surface area contributed by atoms with Gasteiger partial charge in [0.15, 0.2) is 0 Å². The maximum atomic E-state index is 2.41. The minimum Gasteiger partial charge on any atom is -0.0617 e. The molecular weight excluding hydrogens is 84.1 g/mol. The van der Waals surface area contributed by atoms with Gasteiger partial charge in [-0.3, -0.25) is 0 Å². The highest BCUT2D eigenvalue weighted by Crippen LogP contribution is 2.84. The fraction of sp³-hybridized carbons (Fsp3) is 0.714. The SMILES string of the molecule is CC12CCC3=C1C32. The van der Waals surface area contributed by atoms with Crippen LogP contribution in [0.1, 0.15) is 19.8 Å². The molecule has 0 saturated heterocycles. The lowest BCUT2D eigenvalue weighted by Crippen LogP contribution is -1.89. The Morgan fingerprint density at radius 1 is 1.71 bits per heavy atom. The van der Waals surface area contributed by atoms with E-state index in [2.05, 4.69) is 6.92 Å². The van der Waals surface area contributed by atoms with Gasteiger partial charge in [0, 0.05) is 5.92 Å². The molecule has 0 aromatic rings. The van der Waals surface area contributed by atoms with Gasteiger partial charge in [0.25, 0.3) is 0 Å². The average Bonchev–Trinajstić information content (AvgIpc) is 2.42. The summed E-state index contributed by atoms with van der Waals surface area (Å²) in [5.74, 6) is 1.08. The average molecular weight is 92.1 g/mol. The van der Waals surface area contributed by atoms with Crippen molar-refractivity contribution < 1.29 is 0 Å². The van der Waals surface area contributed by atoms with Gasteiger partial charge in [-0.1, -0.05) is 18.1 Å². The van der Waals surface area contributed by atoms with Gasteiger partial charge in [-0.25, -0.2) is 0 Å². The maximum absolute atomic E-state index is 2.41. The second-order valence-corrected chi connectivity index (χ2v) is 3.29. The highest BCUT2D eigenvalue weighted by atomic mass is 14.8. The third kappa shape index (κ3) is 0.121. The summed E-state index contributed by atoms with van der Waals surface area (Å²) in [6.07, 6.45) is 2.94. The van der Waals surface area contributed by atoms with Crippen molar-refractivity contribution in [1.29, 1.82) is 0 Å². The van der Waals surface area contributed by atoms with E-state index in [-0.39, 0.29) is 0 Å². The molecule has 4 rings (SSSR count). The van der Waals surface area contributed by atoms with Crippen LogP contribution in [-0.4, -0.2) is 0 Å². The summed E-state index contributed by atoms with van der Waals surface area (Å²) in [5.41, 5.74) is 4.49. The van der Waals surface area contributed by atoms with Gasteiger partial charge in [0.2, 0.25) is 0 Å². The van der Waals surface area contributed by atoms with Crippen molar-refractivity contribution in [1.82, 2.24) is 0 Å². The third-order valence-electron chi connectivity index (χ3n) is 2.98. The van der Waals surface area contributed by atoms with Crippen LogP contribution in [0.2, 0.25) is 0 Å². The standard InChI is InChI=1S/C7H8/c1-7-3-2-4-5(7)6(4)7/h5H,2-3H2,1H3. The zero-order valence-electron chi connectivity index (χ0n) is 4.49. The quantitative estimate of drug-likeness (QED) is 0.399. The van der Waals surface area contributed by atoms with Crippen molar-refractivity contribution in [3.63, 3.8) is 0 Å². The van der Waals surface area contributed by atoms with E-state index in [1.165, 1.54) is 12.8 Å². The normalized spacial score (nSPS) is 60.4. The molecule has 0 amide bonds. The van der Waals surface area contributed by atoms with E-state index in [4.69, 9.17) is 0 Å². The molecule has 0 spiro atoms. The van der Waals surface area contributed by atoms with Gasteiger partial charge in [0.1, 0.15) is 0 Å². The van der Waals surface area contributed by atoms with Crippen molar-refractivity contribution in [2.75, 3.05) is 0 Å². The van der Waals surface area contributed by atoms with Crippen LogP contribution in [0.3, 0.4) is 0 Å². The monoisotopic (exact) mass is 92.1 g/mol. The molecule has 4 aliphatic rings. The molecule has 36 valence electrons. The maximum Gasteiger partial charge on any atom is 0.0110 e. The van der Waals surface area contributed by atoms with Crippen LogP contribution in [-0.2, 0) is 0 Å². The van der Waals surface area contributed by atoms with Crippen molar-refractivity contribution in [2.24, 2.45) is 11.3 Å². The molecule has 0 radical (unpaired) electrons. The smallest absolute Gasteiger partial charge is 0.0110 e. The van der Waals surface area contributed by atoms with E-state index in [0.29, 0.717) is 0 Å². The zero-order chi connectivity index (χ0) is 4.65. The van der Waals surface area contributed by atoms with E-state index in [9.17, 15) is 0 Å². The van der Waals surface area contributed by atoms with Crippen LogP contribution >= 0.6 is 0 Å². The molecular formula is C7H8. The molecule has 2 unspecified atom stereocenters. The highest BCUT2D eigenvalue weighted by molar-refractivity contribution is 5.68. The molecule has 0 aromatic heterocycles. The molecule has 4 aliphatic carbocycles. The molecule has 0 aromatic carbocycles. The van der Waals surface area contributed by atoms with Gasteiger partial charge in [-0.15, -0.1) is 0 Å². The Kier molecular flexibility index (Phi) is 0.191. The topological polar surface area (TPSA) is 0 Å². The van der Waals surface area contributed by atoms with Gasteiger partial charge in [0.05, 0.1) is 0 Å². The van der Waals surface area contributed by atoms with E-state index in [1.54, 1.807) is 0 Å². The first-order valence-electron chi connectivity index (χ1n) is 3.07. The highest BCUT2D eigenvalue weighted by Gasteiger charge is 2.74. The number of hydrogen-bond donors (Lipinski definition) is 0. The van der Waals surface area contributed by atoms with Gasteiger partial charge < -0.3 is 0 Å². The van der Waals surface area contributed by atoms with Crippen LogP contribution in [0.4, 0.5) is 0 Å². The van der Waals surface area contributed by atoms with Crippen LogP contribution < -0.4 is 0 Å². The Morgan fingerprint density at radius 2 is 2.43 bits per heavy atom. The van der Waals surface area contributed by atoms with Gasteiger partial charge in [-0.05, 0) is 18.3 Å². The molecule has 0 N–H and O–H groups in total. The molecule has 0 aliphatic heterocycles. The summed E-state index contributed by atoms with van der Waals surface area (Å²) in [4.78, 5) is 0. The predicted molar refractivity (Wildman–Crippen MR) is 27.9 cm³/mol.